The molecule has 2 rings (SSSR count). The van der Waals surface area contributed by atoms with Gasteiger partial charge in [0.1, 0.15) is 6.67 Å². The van der Waals surface area contributed by atoms with Gasteiger partial charge in [0.05, 0.1) is 10.0 Å². The van der Waals surface area contributed by atoms with Crippen molar-refractivity contribution in [3.63, 3.8) is 0 Å². The van der Waals surface area contributed by atoms with Gasteiger partial charge in [-0.2, -0.15) is 0 Å². The Morgan fingerprint density at radius 3 is 2.76 bits per heavy atom. The molecule has 1 aliphatic heterocycles. The Balaban J connectivity index is 2.47. The maximum absolute atomic E-state index is 6.16. The first kappa shape index (κ1) is 12.7. The summed E-state index contributed by atoms with van der Waals surface area (Å²) in [6, 6.07) is 3.39. The van der Waals surface area contributed by atoms with Crippen molar-refractivity contribution in [2.45, 2.75) is 0 Å². The lowest BCUT2D eigenvalue weighted by molar-refractivity contribution is 0.308. The van der Waals surface area contributed by atoms with Crippen LogP contribution in [0, 0.1) is 0 Å². The van der Waals surface area contributed by atoms with E-state index in [1.807, 2.05) is 18.3 Å². The third-order valence-electron chi connectivity index (χ3n) is 2.35. The van der Waals surface area contributed by atoms with Gasteiger partial charge in [0.15, 0.2) is 0 Å². The second-order valence-electron chi connectivity index (χ2n) is 3.48. The molecule has 0 saturated carbocycles. The van der Waals surface area contributed by atoms with Gasteiger partial charge < -0.3 is 0 Å². The lowest BCUT2D eigenvalue weighted by atomic mass is 10.1. The number of hydrogen-bond donors (Lipinski definition) is 1. The Morgan fingerprint density at radius 1 is 1.29 bits per heavy atom. The van der Waals surface area contributed by atoms with Crippen LogP contribution < -0.4 is 5.43 Å². The molecule has 6 heteroatoms. The molecule has 90 valence electrons. The fraction of sp³-hybridized carbons (Fsp3) is 0.182. The van der Waals surface area contributed by atoms with Crippen LogP contribution in [0.4, 0.5) is 0 Å². The van der Waals surface area contributed by atoms with Crippen molar-refractivity contribution >= 4 is 46.6 Å². The van der Waals surface area contributed by atoms with Crippen LogP contribution in [0.25, 0.3) is 5.57 Å². The van der Waals surface area contributed by atoms with Crippen molar-refractivity contribution < 1.29 is 0 Å². The second-order valence-corrected chi connectivity index (χ2v) is 4.70. The number of nitrogens with one attached hydrogen (secondary N) is 1. The van der Waals surface area contributed by atoms with Gasteiger partial charge in [-0.15, -0.1) is 0 Å². The molecular formula is C11H10Cl3N3. The van der Waals surface area contributed by atoms with Gasteiger partial charge in [0.25, 0.3) is 0 Å². The first-order valence-corrected chi connectivity index (χ1v) is 6.06. The molecule has 1 N–H and O–H groups in total. The van der Waals surface area contributed by atoms with E-state index in [9.17, 15) is 0 Å². The Hall–Kier alpha value is -0.740. The van der Waals surface area contributed by atoms with E-state index in [4.69, 9.17) is 34.8 Å². The SMILES string of the molecule is CNN1C=C(c2cc(Cl)cc(Cl)c2Cl)C=NC1. The smallest absolute Gasteiger partial charge is 0.124 e. The minimum Gasteiger partial charge on any atom is -0.294 e. The van der Waals surface area contributed by atoms with Gasteiger partial charge in [0, 0.05) is 35.6 Å². The normalized spacial score (nSPS) is 15.1. The molecule has 0 radical (unpaired) electrons. The van der Waals surface area contributed by atoms with E-state index < -0.39 is 0 Å². The molecule has 0 fully saturated rings. The predicted molar refractivity (Wildman–Crippen MR) is 73.7 cm³/mol. The number of nitrogens with zero attached hydrogens (tertiary/aromatic N) is 2. The fourth-order valence-electron chi connectivity index (χ4n) is 1.51. The number of aliphatic imine (C=N–C) groups is 1. The second kappa shape index (κ2) is 5.27. The van der Waals surface area contributed by atoms with E-state index >= 15 is 0 Å². The van der Waals surface area contributed by atoms with Gasteiger partial charge in [0.2, 0.25) is 0 Å². The number of rotatable bonds is 2. The Bertz CT molecular complexity index is 497. The Kier molecular flexibility index (Phi) is 3.94. The maximum Gasteiger partial charge on any atom is 0.124 e. The van der Waals surface area contributed by atoms with Crippen molar-refractivity contribution in [3.8, 4) is 0 Å². The van der Waals surface area contributed by atoms with Crippen LogP contribution in [0.3, 0.4) is 0 Å². The van der Waals surface area contributed by atoms with Crippen molar-refractivity contribution in [1.29, 1.82) is 0 Å². The number of hydrogen-bond acceptors (Lipinski definition) is 3. The van der Waals surface area contributed by atoms with E-state index in [1.54, 1.807) is 18.3 Å². The highest BCUT2D eigenvalue weighted by atomic mass is 35.5. The zero-order valence-electron chi connectivity index (χ0n) is 9.04. The van der Waals surface area contributed by atoms with Gasteiger partial charge >= 0.3 is 0 Å². The lowest BCUT2D eigenvalue weighted by Crippen LogP contribution is -2.32. The van der Waals surface area contributed by atoms with Crippen molar-refractivity contribution in [2.75, 3.05) is 13.7 Å². The lowest BCUT2D eigenvalue weighted by Gasteiger charge is -2.21. The highest BCUT2D eigenvalue weighted by Crippen LogP contribution is 2.33. The summed E-state index contributed by atoms with van der Waals surface area (Å²) < 4.78 is 0. The fourth-order valence-corrected chi connectivity index (χ4v) is 2.22. The van der Waals surface area contributed by atoms with Crippen LogP contribution in [0.2, 0.25) is 15.1 Å². The molecule has 0 spiro atoms. The van der Waals surface area contributed by atoms with Crippen molar-refractivity contribution in [1.82, 2.24) is 10.4 Å². The average Bonchev–Trinajstić information content (AvgIpc) is 2.34. The topological polar surface area (TPSA) is 27.6 Å². The molecule has 3 nitrogen and oxygen atoms in total. The molecule has 0 unspecified atom stereocenters. The van der Waals surface area contributed by atoms with Gasteiger partial charge in [-0.3, -0.25) is 10.0 Å². The maximum atomic E-state index is 6.16. The zero-order valence-corrected chi connectivity index (χ0v) is 11.3. The van der Waals surface area contributed by atoms with Crippen molar-refractivity contribution in [2.24, 2.45) is 4.99 Å². The standard InChI is InChI=1S/C11H10Cl3N3/c1-15-17-5-7(4-16-6-17)9-2-8(12)3-10(13)11(9)14/h2-5,15H,6H2,1H3. The van der Waals surface area contributed by atoms with Gasteiger partial charge in [-0.1, -0.05) is 34.8 Å². The predicted octanol–water partition coefficient (Wildman–Crippen LogP) is 3.47. The van der Waals surface area contributed by atoms with Gasteiger partial charge in [-0.25, -0.2) is 5.43 Å². The monoisotopic (exact) mass is 289 g/mol. The number of allylic oxidation sites excluding steroid dienone is 1. The van der Waals surface area contributed by atoms with Crippen LogP contribution in [0.15, 0.2) is 23.3 Å². The minimum absolute atomic E-state index is 0.435. The van der Waals surface area contributed by atoms with Crippen LogP contribution in [-0.2, 0) is 0 Å². The van der Waals surface area contributed by atoms with Crippen LogP contribution in [0.1, 0.15) is 5.56 Å². The Morgan fingerprint density at radius 2 is 2.06 bits per heavy atom. The minimum atomic E-state index is 0.435. The summed E-state index contributed by atoms with van der Waals surface area (Å²) in [5, 5.41) is 3.29. The molecule has 1 aromatic carbocycles. The molecule has 17 heavy (non-hydrogen) atoms. The molecule has 0 amide bonds. The molecule has 0 aliphatic carbocycles. The molecule has 0 atom stereocenters. The molecule has 0 aromatic heterocycles. The number of benzene rings is 1. The molecule has 1 aliphatic rings. The summed E-state index contributed by atoms with van der Waals surface area (Å²) in [5.41, 5.74) is 4.62. The van der Waals surface area contributed by atoms with Gasteiger partial charge in [-0.05, 0) is 12.1 Å². The quantitative estimate of drug-likeness (QED) is 0.845. The number of hydrazine groups is 1. The zero-order chi connectivity index (χ0) is 12.4. The molecule has 1 aromatic rings. The molecule has 1 heterocycles. The summed E-state index contributed by atoms with van der Waals surface area (Å²) >= 11 is 18.1. The first-order chi connectivity index (χ1) is 8.11. The van der Waals surface area contributed by atoms with E-state index in [2.05, 4.69) is 10.4 Å². The summed E-state index contributed by atoms with van der Waals surface area (Å²) in [7, 11) is 1.82. The highest BCUT2D eigenvalue weighted by molar-refractivity contribution is 6.45. The first-order valence-electron chi connectivity index (χ1n) is 4.92. The van der Waals surface area contributed by atoms with Crippen LogP contribution >= 0.6 is 34.8 Å². The van der Waals surface area contributed by atoms with Crippen LogP contribution in [-0.4, -0.2) is 24.9 Å². The largest absolute Gasteiger partial charge is 0.294 e. The summed E-state index contributed by atoms with van der Waals surface area (Å²) in [6.45, 7) is 0.561. The Labute approximate surface area is 115 Å². The molecule has 0 bridgehead atoms. The van der Waals surface area contributed by atoms with Crippen LogP contribution in [0.5, 0.6) is 0 Å². The number of halogens is 3. The third-order valence-corrected chi connectivity index (χ3v) is 3.37. The average molecular weight is 291 g/mol. The third kappa shape index (κ3) is 2.75. The van der Waals surface area contributed by atoms with Crippen molar-refractivity contribution in [3.05, 3.63) is 39.0 Å². The van der Waals surface area contributed by atoms with E-state index in [0.717, 1.165) is 11.1 Å². The molecule has 0 saturated heterocycles. The molecular weight excluding hydrogens is 281 g/mol. The summed E-state index contributed by atoms with van der Waals surface area (Å²) in [4.78, 5) is 4.21. The summed E-state index contributed by atoms with van der Waals surface area (Å²) in [5.74, 6) is 0. The van der Waals surface area contributed by atoms with E-state index in [1.165, 1.54) is 0 Å². The van der Waals surface area contributed by atoms with E-state index in [-0.39, 0.29) is 0 Å². The van der Waals surface area contributed by atoms with E-state index in [0.29, 0.717) is 21.7 Å². The highest BCUT2D eigenvalue weighted by Gasteiger charge is 2.13. The summed E-state index contributed by atoms with van der Waals surface area (Å²) in [6.07, 6.45) is 3.66.